The standard InChI is InChI=1S/C15H13BrCl2O/c1-9-3-4-10(7-13(9)18)15(16)12-8-11(17)5-6-14(12)19-2/h3-8,15H,1-2H3. The van der Waals surface area contributed by atoms with E-state index in [4.69, 9.17) is 27.9 Å². The minimum atomic E-state index is -0.0146. The van der Waals surface area contributed by atoms with E-state index in [0.717, 1.165) is 27.5 Å². The van der Waals surface area contributed by atoms with Gasteiger partial charge in [0.2, 0.25) is 0 Å². The van der Waals surface area contributed by atoms with Gasteiger partial charge in [-0.15, -0.1) is 0 Å². The molecule has 1 unspecified atom stereocenters. The minimum absolute atomic E-state index is 0.0146. The molecule has 0 amide bonds. The van der Waals surface area contributed by atoms with Crippen LogP contribution in [0.15, 0.2) is 36.4 Å². The minimum Gasteiger partial charge on any atom is -0.496 e. The molecule has 1 nitrogen and oxygen atoms in total. The first-order valence-electron chi connectivity index (χ1n) is 5.76. The van der Waals surface area contributed by atoms with E-state index in [0.29, 0.717) is 5.02 Å². The SMILES string of the molecule is COc1ccc(Cl)cc1C(Br)c1ccc(C)c(Cl)c1. The van der Waals surface area contributed by atoms with Crippen molar-refractivity contribution in [3.05, 3.63) is 63.1 Å². The summed E-state index contributed by atoms with van der Waals surface area (Å²) in [5.74, 6) is 0.794. The Bertz CT molecular complexity index is 599. The van der Waals surface area contributed by atoms with Crippen molar-refractivity contribution in [2.45, 2.75) is 11.8 Å². The Kier molecular flexibility index (Phi) is 4.77. The van der Waals surface area contributed by atoms with Gasteiger partial charge in [-0.1, -0.05) is 51.3 Å². The lowest BCUT2D eigenvalue weighted by Crippen LogP contribution is -1.97. The van der Waals surface area contributed by atoms with E-state index >= 15 is 0 Å². The van der Waals surface area contributed by atoms with Crippen LogP contribution in [0.2, 0.25) is 10.0 Å². The zero-order chi connectivity index (χ0) is 14.0. The van der Waals surface area contributed by atoms with Gasteiger partial charge in [0.15, 0.2) is 0 Å². The molecule has 100 valence electrons. The van der Waals surface area contributed by atoms with Gasteiger partial charge in [-0.3, -0.25) is 0 Å². The lowest BCUT2D eigenvalue weighted by atomic mass is 10.0. The van der Waals surface area contributed by atoms with Gasteiger partial charge in [0.1, 0.15) is 5.75 Å². The van der Waals surface area contributed by atoms with E-state index in [1.54, 1.807) is 7.11 Å². The fraction of sp³-hybridized carbons (Fsp3) is 0.200. The number of rotatable bonds is 3. The summed E-state index contributed by atoms with van der Waals surface area (Å²) in [7, 11) is 1.65. The lowest BCUT2D eigenvalue weighted by Gasteiger charge is -2.16. The molecule has 0 aliphatic heterocycles. The average molecular weight is 360 g/mol. The molecule has 0 saturated heterocycles. The van der Waals surface area contributed by atoms with Crippen molar-refractivity contribution in [2.75, 3.05) is 7.11 Å². The quantitative estimate of drug-likeness (QED) is 0.629. The third-order valence-electron chi connectivity index (χ3n) is 2.95. The van der Waals surface area contributed by atoms with Crippen LogP contribution in [0, 0.1) is 6.92 Å². The lowest BCUT2D eigenvalue weighted by molar-refractivity contribution is 0.410. The summed E-state index contributed by atoms with van der Waals surface area (Å²) in [6.45, 7) is 1.98. The molecule has 0 aromatic heterocycles. The highest BCUT2D eigenvalue weighted by molar-refractivity contribution is 9.09. The van der Waals surface area contributed by atoms with Crippen LogP contribution >= 0.6 is 39.1 Å². The van der Waals surface area contributed by atoms with Crippen molar-refractivity contribution in [3.63, 3.8) is 0 Å². The number of hydrogen-bond acceptors (Lipinski definition) is 1. The predicted octanol–water partition coefficient (Wildman–Crippen LogP) is 5.79. The Hall–Kier alpha value is -0.700. The van der Waals surface area contributed by atoms with E-state index in [2.05, 4.69) is 15.9 Å². The van der Waals surface area contributed by atoms with E-state index in [1.165, 1.54) is 0 Å². The van der Waals surface area contributed by atoms with Gasteiger partial charge in [-0.2, -0.15) is 0 Å². The topological polar surface area (TPSA) is 9.23 Å². The number of hydrogen-bond donors (Lipinski definition) is 0. The van der Waals surface area contributed by atoms with Crippen molar-refractivity contribution < 1.29 is 4.74 Å². The fourth-order valence-electron chi connectivity index (χ4n) is 1.85. The summed E-state index contributed by atoms with van der Waals surface area (Å²) < 4.78 is 5.38. The smallest absolute Gasteiger partial charge is 0.123 e. The molecule has 0 radical (unpaired) electrons. The fourth-order valence-corrected chi connectivity index (χ4v) is 2.86. The highest BCUT2D eigenvalue weighted by atomic mass is 79.9. The highest BCUT2D eigenvalue weighted by Gasteiger charge is 2.16. The van der Waals surface area contributed by atoms with Crippen LogP contribution < -0.4 is 4.74 Å². The van der Waals surface area contributed by atoms with Crippen LogP contribution in [0.5, 0.6) is 5.75 Å². The van der Waals surface area contributed by atoms with Crippen molar-refractivity contribution in [3.8, 4) is 5.75 Å². The van der Waals surface area contributed by atoms with Gasteiger partial charge in [-0.05, 0) is 42.3 Å². The largest absolute Gasteiger partial charge is 0.496 e. The van der Waals surface area contributed by atoms with Gasteiger partial charge in [0.05, 0.1) is 11.9 Å². The van der Waals surface area contributed by atoms with Crippen LogP contribution in [0.25, 0.3) is 0 Å². The Morgan fingerprint density at radius 3 is 2.47 bits per heavy atom. The summed E-state index contributed by atoms with van der Waals surface area (Å²) in [5.41, 5.74) is 3.11. The Morgan fingerprint density at radius 1 is 1.11 bits per heavy atom. The first kappa shape index (κ1) is 14.7. The number of ether oxygens (including phenoxy) is 1. The van der Waals surface area contributed by atoms with Gasteiger partial charge in [0.25, 0.3) is 0 Å². The van der Waals surface area contributed by atoms with Gasteiger partial charge >= 0.3 is 0 Å². The summed E-state index contributed by atoms with van der Waals surface area (Å²) >= 11 is 15.9. The normalized spacial score (nSPS) is 12.3. The second-order valence-electron chi connectivity index (χ2n) is 4.26. The number of alkyl halides is 1. The Morgan fingerprint density at radius 2 is 1.84 bits per heavy atom. The van der Waals surface area contributed by atoms with E-state index < -0.39 is 0 Å². The van der Waals surface area contributed by atoms with Gasteiger partial charge < -0.3 is 4.74 Å². The van der Waals surface area contributed by atoms with E-state index in [9.17, 15) is 0 Å². The maximum absolute atomic E-state index is 6.17. The second kappa shape index (κ2) is 6.17. The first-order valence-corrected chi connectivity index (χ1v) is 7.43. The average Bonchev–Trinajstić information content (AvgIpc) is 2.41. The second-order valence-corrected chi connectivity index (χ2v) is 6.02. The maximum Gasteiger partial charge on any atom is 0.123 e. The summed E-state index contributed by atoms with van der Waals surface area (Å²) in [5, 5.41) is 1.43. The van der Waals surface area contributed by atoms with Crippen molar-refractivity contribution in [2.24, 2.45) is 0 Å². The molecular weight excluding hydrogens is 347 g/mol. The molecule has 2 aromatic carbocycles. The molecule has 1 atom stereocenters. The zero-order valence-corrected chi connectivity index (χ0v) is 13.7. The molecule has 0 fully saturated rings. The number of halogens is 3. The van der Waals surface area contributed by atoms with Gasteiger partial charge in [-0.25, -0.2) is 0 Å². The van der Waals surface area contributed by atoms with Crippen LogP contribution in [0.1, 0.15) is 21.5 Å². The van der Waals surface area contributed by atoms with Crippen molar-refractivity contribution in [1.82, 2.24) is 0 Å². The molecule has 0 spiro atoms. The monoisotopic (exact) mass is 358 g/mol. The van der Waals surface area contributed by atoms with Crippen LogP contribution in [-0.2, 0) is 0 Å². The Labute approximate surface area is 131 Å². The van der Waals surface area contributed by atoms with Crippen molar-refractivity contribution >= 4 is 39.1 Å². The number of aryl methyl sites for hydroxylation is 1. The van der Waals surface area contributed by atoms with Crippen LogP contribution in [-0.4, -0.2) is 7.11 Å². The highest BCUT2D eigenvalue weighted by Crippen LogP contribution is 2.38. The van der Waals surface area contributed by atoms with Crippen molar-refractivity contribution in [1.29, 1.82) is 0 Å². The summed E-state index contributed by atoms with van der Waals surface area (Å²) in [6.07, 6.45) is 0. The Balaban J connectivity index is 2.45. The molecule has 0 heterocycles. The molecule has 0 aliphatic carbocycles. The first-order chi connectivity index (χ1) is 9.02. The molecule has 4 heteroatoms. The third kappa shape index (κ3) is 3.25. The molecular formula is C15H13BrCl2O. The van der Waals surface area contributed by atoms with E-state index in [-0.39, 0.29) is 4.83 Å². The van der Waals surface area contributed by atoms with Crippen LogP contribution in [0.4, 0.5) is 0 Å². The summed E-state index contributed by atoms with van der Waals surface area (Å²) in [6, 6.07) is 11.6. The molecule has 0 saturated carbocycles. The molecule has 0 bridgehead atoms. The molecule has 2 rings (SSSR count). The third-order valence-corrected chi connectivity index (χ3v) is 4.62. The zero-order valence-electron chi connectivity index (χ0n) is 10.6. The van der Waals surface area contributed by atoms with Gasteiger partial charge in [0, 0.05) is 15.6 Å². The summed E-state index contributed by atoms with van der Waals surface area (Å²) in [4.78, 5) is -0.0146. The van der Waals surface area contributed by atoms with E-state index in [1.807, 2.05) is 43.3 Å². The molecule has 19 heavy (non-hydrogen) atoms. The molecule has 0 aliphatic rings. The number of methoxy groups -OCH3 is 1. The van der Waals surface area contributed by atoms with Crippen LogP contribution in [0.3, 0.4) is 0 Å². The number of benzene rings is 2. The maximum atomic E-state index is 6.17. The molecule has 0 N–H and O–H groups in total. The molecule has 2 aromatic rings. The predicted molar refractivity (Wildman–Crippen MR) is 85.0 cm³/mol.